The van der Waals surface area contributed by atoms with E-state index >= 15 is 0 Å². The second-order valence-corrected chi connectivity index (χ2v) is 8.23. The average Bonchev–Trinajstić information content (AvgIpc) is 3.21. The van der Waals surface area contributed by atoms with Gasteiger partial charge in [0.2, 0.25) is 0 Å². The number of carbonyl (C=O) groups is 1. The molecule has 2 aromatic carbocycles. The number of aromatic nitrogens is 1. The third kappa shape index (κ3) is 4.01. The van der Waals surface area contributed by atoms with Crippen LogP contribution >= 0.6 is 23.4 Å². The summed E-state index contributed by atoms with van der Waals surface area (Å²) in [4.78, 5) is 17.6. The zero-order valence-electron chi connectivity index (χ0n) is 16.8. The minimum absolute atomic E-state index is 0.158. The van der Waals surface area contributed by atoms with Gasteiger partial charge in [0.05, 0.1) is 28.4 Å². The van der Waals surface area contributed by atoms with Crippen molar-refractivity contribution >= 4 is 46.2 Å². The number of aryl methyl sites for hydroxylation is 1. The maximum Gasteiger partial charge on any atom is 0.264 e. The van der Waals surface area contributed by atoms with Gasteiger partial charge >= 0.3 is 0 Å². The van der Waals surface area contributed by atoms with Crippen LogP contribution < -0.4 is 10.1 Å². The second kappa shape index (κ2) is 8.42. The van der Waals surface area contributed by atoms with Crippen molar-refractivity contribution in [2.75, 3.05) is 7.11 Å². The Morgan fingerprint density at radius 3 is 2.57 bits per heavy atom. The number of nitrogens with one attached hydrogen (secondary N) is 1. The molecule has 1 saturated heterocycles. The standard InChI is InChI=1S/C23H20ClN3O2S/c1-14-12-16(15(2)27(14)20-7-5-4-6-19(20)24)13-21-22(28)26-23(30-21)25-17-8-10-18(29-3)11-9-17/h4-13H,1-3H3,(H,25,26,28)/b21-13+. The molecule has 1 fully saturated rings. The van der Waals surface area contributed by atoms with E-state index in [2.05, 4.69) is 20.9 Å². The molecule has 7 heteroatoms. The number of para-hydroxylation sites is 1. The smallest absolute Gasteiger partial charge is 0.264 e. The summed E-state index contributed by atoms with van der Waals surface area (Å²) in [5.74, 6) is 0.603. The lowest BCUT2D eigenvalue weighted by molar-refractivity contribution is -0.115. The molecule has 4 rings (SSSR count). The third-order valence-electron chi connectivity index (χ3n) is 4.80. The number of amidine groups is 1. The van der Waals surface area contributed by atoms with Crippen LogP contribution in [0.25, 0.3) is 11.8 Å². The van der Waals surface area contributed by atoms with Crippen molar-refractivity contribution in [3.8, 4) is 11.4 Å². The number of halogens is 1. The van der Waals surface area contributed by atoms with E-state index in [1.54, 1.807) is 7.11 Å². The molecule has 1 N–H and O–H groups in total. The van der Waals surface area contributed by atoms with Gasteiger partial charge in [0, 0.05) is 11.4 Å². The zero-order valence-corrected chi connectivity index (χ0v) is 18.3. The molecule has 0 atom stereocenters. The van der Waals surface area contributed by atoms with Crippen molar-refractivity contribution in [2.45, 2.75) is 13.8 Å². The van der Waals surface area contributed by atoms with Crippen LogP contribution in [0.5, 0.6) is 5.75 Å². The molecule has 0 aliphatic carbocycles. The Balaban J connectivity index is 1.62. The molecule has 0 bridgehead atoms. The summed E-state index contributed by atoms with van der Waals surface area (Å²) in [6.07, 6.45) is 1.90. The molecule has 1 aliphatic heterocycles. The van der Waals surface area contributed by atoms with Crippen molar-refractivity contribution in [2.24, 2.45) is 4.99 Å². The van der Waals surface area contributed by atoms with Crippen LogP contribution in [-0.4, -0.2) is 22.8 Å². The van der Waals surface area contributed by atoms with Crippen molar-refractivity contribution in [1.29, 1.82) is 0 Å². The number of benzene rings is 2. The quantitative estimate of drug-likeness (QED) is 0.537. The summed E-state index contributed by atoms with van der Waals surface area (Å²) < 4.78 is 7.25. The number of hydrogen-bond donors (Lipinski definition) is 1. The number of ether oxygens (including phenoxy) is 1. The van der Waals surface area contributed by atoms with Crippen LogP contribution in [0.4, 0.5) is 5.69 Å². The van der Waals surface area contributed by atoms with E-state index in [1.165, 1.54) is 11.8 Å². The molecule has 1 amide bonds. The van der Waals surface area contributed by atoms with Gasteiger partial charge in [0.1, 0.15) is 5.75 Å². The fourth-order valence-corrected chi connectivity index (χ4v) is 4.39. The van der Waals surface area contributed by atoms with E-state index < -0.39 is 0 Å². The van der Waals surface area contributed by atoms with Crippen LogP contribution in [0.2, 0.25) is 5.02 Å². The highest BCUT2D eigenvalue weighted by molar-refractivity contribution is 8.18. The van der Waals surface area contributed by atoms with Gasteiger partial charge in [-0.1, -0.05) is 23.7 Å². The Morgan fingerprint density at radius 2 is 1.87 bits per heavy atom. The number of thioether (sulfide) groups is 1. The summed E-state index contributed by atoms with van der Waals surface area (Å²) in [6, 6.07) is 17.1. The maximum absolute atomic E-state index is 12.5. The Labute approximate surface area is 184 Å². The summed E-state index contributed by atoms with van der Waals surface area (Å²) in [7, 11) is 1.62. The molecule has 1 aromatic heterocycles. The fourth-order valence-electron chi connectivity index (χ4n) is 3.33. The minimum atomic E-state index is -0.158. The third-order valence-corrected chi connectivity index (χ3v) is 6.03. The van der Waals surface area contributed by atoms with E-state index in [9.17, 15) is 4.79 Å². The zero-order chi connectivity index (χ0) is 21.3. The summed E-state index contributed by atoms with van der Waals surface area (Å²) >= 11 is 7.72. The normalized spacial score (nSPS) is 16.3. The van der Waals surface area contributed by atoms with Gasteiger partial charge in [0.25, 0.3) is 5.91 Å². The van der Waals surface area contributed by atoms with Gasteiger partial charge in [-0.05, 0) is 79.7 Å². The number of nitrogens with zero attached hydrogens (tertiary/aromatic N) is 2. The topological polar surface area (TPSA) is 55.6 Å². The molecule has 0 spiro atoms. The predicted molar refractivity (Wildman–Crippen MR) is 124 cm³/mol. The Bertz CT molecular complexity index is 1180. The number of carbonyl (C=O) groups excluding carboxylic acids is 1. The molecule has 0 unspecified atom stereocenters. The first kappa shape index (κ1) is 20.3. The molecular formula is C23H20ClN3O2S. The first-order valence-electron chi connectivity index (χ1n) is 9.34. The lowest BCUT2D eigenvalue weighted by atomic mass is 10.2. The SMILES string of the molecule is COc1ccc(N=C2NC(=O)/C(=C\c3cc(C)n(-c4ccccc4Cl)c3C)S2)cc1. The predicted octanol–water partition coefficient (Wildman–Crippen LogP) is 5.65. The first-order chi connectivity index (χ1) is 14.5. The summed E-state index contributed by atoms with van der Waals surface area (Å²) in [6.45, 7) is 4.05. The maximum atomic E-state index is 12.5. The highest BCUT2D eigenvalue weighted by Gasteiger charge is 2.24. The number of rotatable bonds is 4. The molecule has 3 aromatic rings. The number of hydrogen-bond acceptors (Lipinski definition) is 4. The summed E-state index contributed by atoms with van der Waals surface area (Å²) in [5, 5.41) is 4.06. The Hall–Kier alpha value is -2.96. The highest BCUT2D eigenvalue weighted by Crippen LogP contribution is 2.32. The monoisotopic (exact) mass is 437 g/mol. The van der Waals surface area contributed by atoms with Crippen LogP contribution in [0.3, 0.4) is 0 Å². The lowest BCUT2D eigenvalue weighted by Gasteiger charge is -2.11. The number of methoxy groups -OCH3 is 1. The Kier molecular flexibility index (Phi) is 5.70. The summed E-state index contributed by atoms with van der Waals surface area (Å²) in [5.41, 5.74) is 4.70. The molecule has 30 heavy (non-hydrogen) atoms. The van der Waals surface area contributed by atoms with Gasteiger partial charge < -0.3 is 14.6 Å². The van der Waals surface area contributed by atoms with Crippen LogP contribution in [0.15, 0.2) is 64.5 Å². The van der Waals surface area contributed by atoms with Gasteiger partial charge in [0.15, 0.2) is 5.17 Å². The molecule has 0 radical (unpaired) electrons. The molecular weight excluding hydrogens is 418 g/mol. The van der Waals surface area contributed by atoms with Gasteiger partial charge in [-0.3, -0.25) is 4.79 Å². The van der Waals surface area contributed by atoms with Crippen molar-refractivity contribution < 1.29 is 9.53 Å². The van der Waals surface area contributed by atoms with Gasteiger partial charge in [-0.2, -0.15) is 0 Å². The lowest BCUT2D eigenvalue weighted by Crippen LogP contribution is -2.19. The van der Waals surface area contributed by atoms with Crippen molar-refractivity contribution in [1.82, 2.24) is 9.88 Å². The van der Waals surface area contributed by atoms with Crippen LogP contribution in [-0.2, 0) is 4.79 Å². The molecule has 2 heterocycles. The van der Waals surface area contributed by atoms with E-state index in [0.717, 1.165) is 34.1 Å². The molecule has 152 valence electrons. The van der Waals surface area contributed by atoms with Crippen LogP contribution in [0.1, 0.15) is 17.0 Å². The highest BCUT2D eigenvalue weighted by atomic mass is 35.5. The van der Waals surface area contributed by atoms with Crippen molar-refractivity contribution in [3.63, 3.8) is 0 Å². The minimum Gasteiger partial charge on any atom is -0.497 e. The first-order valence-corrected chi connectivity index (χ1v) is 10.5. The van der Waals surface area contributed by atoms with Crippen LogP contribution in [0, 0.1) is 13.8 Å². The molecule has 1 aliphatic rings. The van der Waals surface area contributed by atoms with Gasteiger partial charge in [-0.25, -0.2) is 4.99 Å². The fraction of sp³-hybridized carbons (Fsp3) is 0.130. The average molecular weight is 438 g/mol. The van der Waals surface area contributed by atoms with E-state index in [1.807, 2.05) is 68.5 Å². The second-order valence-electron chi connectivity index (χ2n) is 6.79. The molecule has 0 saturated carbocycles. The van der Waals surface area contributed by atoms with Gasteiger partial charge in [-0.15, -0.1) is 0 Å². The largest absolute Gasteiger partial charge is 0.497 e. The van der Waals surface area contributed by atoms with Crippen molar-refractivity contribution in [3.05, 3.63) is 81.5 Å². The Morgan fingerprint density at radius 1 is 1.13 bits per heavy atom. The molecule has 5 nitrogen and oxygen atoms in total. The number of amides is 1. The van der Waals surface area contributed by atoms with E-state index in [4.69, 9.17) is 16.3 Å². The number of aliphatic imine (C=N–C) groups is 1. The van der Waals surface area contributed by atoms with E-state index in [0.29, 0.717) is 15.1 Å². The van der Waals surface area contributed by atoms with E-state index in [-0.39, 0.29) is 5.91 Å².